The van der Waals surface area contributed by atoms with Gasteiger partial charge in [0.1, 0.15) is 0 Å². The summed E-state index contributed by atoms with van der Waals surface area (Å²) in [5.41, 5.74) is 2.79. The number of hydrogen-bond acceptors (Lipinski definition) is 4. The van der Waals surface area contributed by atoms with E-state index in [1.165, 1.54) is 0 Å². The van der Waals surface area contributed by atoms with Gasteiger partial charge in [0.2, 0.25) is 0 Å². The monoisotopic (exact) mass is 208 g/mol. The van der Waals surface area contributed by atoms with Gasteiger partial charge in [-0.2, -0.15) is 0 Å². The van der Waals surface area contributed by atoms with Crippen molar-refractivity contribution in [3.8, 4) is 0 Å². The number of nitrogens with two attached hydrogens (primary N) is 1. The van der Waals surface area contributed by atoms with Crippen LogP contribution in [0.4, 0.5) is 0 Å². The minimum atomic E-state index is -0.843. The molecule has 0 saturated heterocycles. The molecule has 6 heteroatoms. The first kappa shape index (κ1) is 11.1. The maximum absolute atomic E-state index is 10.9. The van der Waals surface area contributed by atoms with E-state index in [0.29, 0.717) is 13.0 Å². The van der Waals surface area contributed by atoms with Crippen LogP contribution in [0, 0.1) is 0 Å². The van der Waals surface area contributed by atoms with Crippen LogP contribution >= 0.6 is 0 Å². The highest BCUT2D eigenvalue weighted by Gasteiger charge is 2.09. The highest BCUT2D eigenvalue weighted by Crippen LogP contribution is 1.95. The zero-order valence-electron chi connectivity index (χ0n) is 8.06. The summed E-state index contributed by atoms with van der Waals surface area (Å²) in [6.07, 6.45) is 3.99. The first-order valence-electron chi connectivity index (χ1n) is 4.41. The average molecular weight is 208 g/mol. The molecule has 1 rings (SSSR count). The molecule has 1 aromatic rings. The quantitative estimate of drug-likeness (QED) is 0.250. The van der Waals surface area contributed by atoms with E-state index in [2.05, 4.69) is 10.3 Å². The Hall–Kier alpha value is -1.95. The second-order valence-corrected chi connectivity index (χ2v) is 2.83. The van der Waals surface area contributed by atoms with Gasteiger partial charge < -0.3 is 5.32 Å². The smallest absolute Gasteiger partial charge is 0.323 e. The third kappa shape index (κ3) is 3.74. The fourth-order valence-corrected chi connectivity index (χ4v) is 1.02. The van der Waals surface area contributed by atoms with Gasteiger partial charge in [-0.05, 0) is 24.1 Å². The van der Waals surface area contributed by atoms with Gasteiger partial charge in [0.15, 0.2) is 0 Å². The summed E-state index contributed by atoms with van der Waals surface area (Å²) in [5, 5.41) is 2.43. The van der Waals surface area contributed by atoms with Gasteiger partial charge in [0, 0.05) is 18.9 Å². The molecule has 0 fully saturated rings. The minimum absolute atomic E-state index is 0.385. The van der Waals surface area contributed by atoms with E-state index in [1.807, 2.05) is 12.1 Å². The Balaban J connectivity index is 2.28. The van der Waals surface area contributed by atoms with Gasteiger partial charge in [-0.3, -0.25) is 20.0 Å². The van der Waals surface area contributed by atoms with Gasteiger partial charge in [-0.25, -0.2) is 5.84 Å². The van der Waals surface area contributed by atoms with Crippen LogP contribution in [0.15, 0.2) is 24.5 Å². The van der Waals surface area contributed by atoms with Crippen molar-refractivity contribution in [2.24, 2.45) is 5.84 Å². The van der Waals surface area contributed by atoms with Gasteiger partial charge in [0.25, 0.3) is 0 Å². The second-order valence-electron chi connectivity index (χ2n) is 2.83. The summed E-state index contributed by atoms with van der Waals surface area (Å²) >= 11 is 0. The number of pyridine rings is 1. The van der Waals surface area contributed by atoms with Crippen LogP contribution in [-0.2, 0) is 16.0 Å². The summed E-state index contributed by atoms with van der Waals surface area (Å²) < 4.78 is 0. The van der Waals surface area contributed by atoms with Crippen LogP contribution in [0.2, 0.25) is 0 Å². The van der Waals surface area contributed by atoms with Gasteiger partial charge in [-0.15, -0.1) is 0 Å². The zero-order valence-corrected chi connectivity index (χ0v) is 8.06. The van der Waals surface area contributed by atoms with Crippen molar-refractivity contribution in [2.45, 2.75) is 6.42 Å². The molecular formula is C9H12N4O2. The predicted molar refractivity (Wildman–Crippen MR) is 53.3 cm³/mol. The number of rotatable bonds is 3. The van der Waals surface area contributed by atoms with Gasteiger partial charge in [0.05, 0.1) is 0 Å². The molecule has 6 nitrogen and oxygen atoms in total. The molecular weight excluding hydrogens is 196 g/mol. The zero-order chi connectivity index (χ0) is 11.1. The first-order chi connectivity index (χ1) is 7.24. The summed E-state index contributed by atoms with van der Waals surface area (Å²) in [6, 6.07) is 3.68. The lowest BCUT2D eigenvalue weighted by Crippen LogP contribution is -2.43. The SMILES string of the molecule is NNC(=O)C(=O)NCCc1ccncc1. The topological polar surface area (TPSA) is 97.1 Å². The van der Waals surface area contributed by atoms with Crippen LogP contribution in [0.3, 0.4) is 0 Å². The first-order valence-corrected chi connectivity index (χ1v) is 4.41. The summed E-state index contributed by atoms with van der Waals surface area (Å²) in [7, 11) is 0. The number of amides is 2. The summed E-state index contributed by atoms with van der Waals surface area (Å²) in [6.45, 7) is 0.385. The van der Waals surface area contributed by atoms with Gasteiger partial charge in [-0.1, -0.05) is 0 Å². The molecule has 0 saturated carbocycles. The van der Waals surface area contributed by atoms with Crippen LogP contribution in [0.1, 0.15) is 5.56 Å². The molecule has 0 radical (unpaired) electrons. The summed E-state index contributed by atoms with van der Waals surface area (Å²) in [4.78, 5) is 25.5. The Morgan fingerprint density at radius 1 is 1.27 bits per heavy atom. The standard InChI is InChI=1S/C9H12N4O2/c10-13-9(15)8(14)12-6-3-7-1-4-11-5-2-7/h1-2,4-5H,3,6,10H2,(H,12,14)(H,13,15). The van der Waals surface area contributed by atoms with E-state index in [1.54, 1.807) is 17.8 Å². The average Bonchev–Trinajstić information content (AvgIpc) is 2.29. The van der Waals surface area contributed by atoms with E-state index in [4.69, 9.17) is 5.84 Å². The number of carbonyl (C=O) groups is 2. The minimum Gasteiger partial charge on any atom is -0.347 e. The molecule has 0 aromatic carbocycles. The highest BCUT2D eigenvalue weighted by molar-refractivity contribution is 6.34. The Kier molecular flexibility index (Phi) is 4.24. The second kappa shape index (κ2) is 5.71. The fourth-order valence-electron chi connectivity index (χ4n) is 1.02. The predicted octanol–water partition coefficient (Wildman–Crippen LogP) is -1.27. The number of carbonyl (C=O) groups excluding carboxylic acids is 2. The molecule has 0 aliphatic carbocycles. The largest absolute Gasteiger partial charge is 0.347 e. The number of hydrogen-bond donors (Lipinski definition) is 3. The fraction of sp³-hybridized carbons (Fsp3) is 0.222. The van der Waals surface area contributed by atoms with Crippen LogP contribution in [0.5, 0.6) is 0 Å². The van der Waals surface area contributed by atoms with Crippen molar-refractivity contribution in [3.63, 3.8) is 0 Å². The number of nitrogens with one attached hydrogen (secondary N) is 2. The number of hydrazine groups is 1. The molecule has 1 aromatic heterocycles. The maximum atomic E-state index is 10.9. The third-order valence-electron chi connectivity index (χ3n) is 1.79. The van der Waals surface area contributed by atoms with E-state index >= 15 is 0 Å². The highest BCUT2D eigenvalue weighted by atomic mass is 16.2. The molecule has 15 heavy (non-hydrogen) atoms. The van der Waals surface area contributed by atoms with Crippen molar-refractivity contribution in [1.82, 2.24) is 15.7 Å². The van der Waals surface area contributed by atoms with Crippen molar-refractivity contribution < 1.29 is 9.59 Å². The molecule has 4 N–H and O–H groups in total. The van der Waals surface area contributed by atoms with Crippen LogP contribution < -0.4 is 16.6 Å². The Labute approximate surface area is 86.8 Å². The number of aromatic nitrogens is 1. The van der Waals surface area contributed by atoms with Gasteiger partial charge >= 0.3 is 11.8 Å². The lowest BCUT2D eigenvalue weighted by Gasteiger charge is -2.03. The van der Waals surface area contributed by atoms with E-state index < -0.39 is 11.8 Å². The molecule has 0 spiro atoms. The number of nitrogens with zero attached hydrogens (tertiary/aromatic N) is 1. The van der Waals surface area contributed by atoms with Crippen LogP contribution in [0.25, 0.3) is 0 Å². The Morgan fingerprint density at radius 3 is 2.53 bits per heavy atom. The van der Waals surface area contributed by atoms with Crippen molar-refractivity contribution >= 4 is 11.8 Å². The van der Waals surface area contributed by atoms with E-state index in [0.717, 1.165) is 5.56 Å². The maximum Gasteiger partial charge on any atom is 0.323 e. The van der Waals surface area contributed by atoms with E-state index in [-0.39, 0.29) is 0 Å². The van der Waals surface area contributed by atoms with Crippen molar-refractivity contribution in [1.29, 1.82) is 0 Å². The molecule has 0 atom stereocenters. The molecule has 0 aliphatic heterocycles. The molecule has 0 aliphatic rings. The van der Waals surface area contributed by atoms with Crippen molar-refractivity contribution in [3.05, 3.63) is 30.1 Å². The molecule has 1 heterocycles. The normalized spacial score (nSPS) is 9.40. The van der Waals surface area contributed by atoms with Crippen LogP contribution in [-0.4, -0.2) is 23.3 Å². The molecule has 0 unspecified atom stereocenters. The lowest BCUT2D eigenvalue weighted by molar-refractivity contribution is -0.139. The lowest BCUT2D eigenvalue weighted by atomic mass is 10.2. The third-order valence-corrected chi connectivity index (χ3v) is 1.79. The Bertz CT molecular complexity index is 339. The van der Waals surface area contributed by atoms with Crippen molar-refractivity contribution in [2.75, 3.05) is 6.54 Å². The Morgan fingerprint density at radius 2 is 1.93 bits per heavy atom. The van der Waals surface area contributed by atoms with E-state index in [9.17, 15) is 9.59 Å². The molecule has 0 bridgehead atoms. The summed E-state index contributed by atoms with van der Waals surface area (Å²) in [5.74, 6) is 3.21. The molecule has 80 valence electrons. The molecule has 2 amide bonds.